The van der Waals surface area contributed by atoms with Crippen molar-refractivity contribution in [2.24, 2.45) is 0 Å². The highest BCUT2D eigenvalue weighted by molar-refractivity contribution is 6.33. The van der Waals surface area contributed by atoms with E-state index in [1.54, 1.807) is 18.2 Å². The number of anilines is 1. The first kappa shape index (κ1) is 20.9. The SMILES string of the molecule is Cc1ccccc1OCC(=O)Nc1ccc(Cl)c(-c2nc3cc(C(C)C)ccc3o2)c1. The van der Waals surface area contributed by atoms with Crippen molar-refractivity contribution < 1.29 is 13.9 Å². The van der Waals surface area contributed by atoms with Gasteiger partial charge in [0.15, 0.2) is 12.2 Å². The van der Waals surface area contributed by atoms with Crippen LogP contribution in [-0.2, 0) is 4.79 Å². The number of para-hydroxylation sites is 1. The molecule has 6 heteroatoms. The minimum absolute atomic E-state index is 0.0936. The number of aryl methyl sites for hydroxylation is 1. The van der Waals surface area contributed by atoms with E-state index in [1.165, 1.54) is 5.56 Å². The molecule has 0 atom stereocenters. The molecule has 0 unspecified atom stereocenters. The molecule has 3 aromatic carbocycles. The first-order valence-corrected chi connectivity index (χ1v) is 10.5. The van der Waals surface area contributed by atoms with Crippen LogP contribution in [0.15, 0.2) is 65.1 Å². The normalized spacial score (nSPS) is 11.1. The van der Waals surface area contributed by atoms with Crippen LogP contribution in [-0.4, -0.2) is 17.5 Å². The predicted molar refractivity (Wildman–Crippen MR) is 124 cm³/mol. The van der Waals surface area contributed by atoms with E-state index >= 15 is 0 Å². The third kappa shape index (κ3) is 4.72. The van der Waals surface area contributed by atoms with Crippen LogP contribution in [0.4, 0.5) is 5.69 Å². The average Bonchev–Trinajstić information content (AvgIpc) is 3.17. The first-order chi connectivity index (χ1) is 14.9. The van der Waals surface area contributed by atoms with Crippen molar-refractivity contribution in [1.29, 1.82) is 0 Å². The fourth-order valence-corrected chi connectivity index (χ4v) is 3.44. The van der Waals surface area contributed by atoms with Crippen LogP contribution in [0.1, 0.15) is 30.9 Å². The summed E-state index contributed by atoms with van der Waals surface area (Å²) in [7, 11) is 0. The minimum Gasteiger partial charge on any atom is -0.483 e. The smallest absolute Gasteiger partial charge is 0.262 e. The maximum Gasteiger partial charge on any atom is 0.262 e. The van der Waals surface area contributed by atoms with E-state index < -0.39 is 0 Å². The second-order valence-electron chi connectivity index (χ2n) is 7.70. The molecule has 0 spiro atoms. The van der Waals surface area contributed by atoms with Gasteiger partial charge in [-0.05, 0) is 60.4 Å². The Labute approximate surface area is 186 Å². The van der Waals surface area contributed by atoms with Gasteiger partial charge in [-0.3, -0.25) is 4.79 Å². The van der Waals surface area contributed by atoms with Crippen LogP contribution < -0.4 is 10.1 Å². The number of halogens is 1. The van der Waals surface area contributed by atoms with Gasteiger partial charge in [0.05, 0.1) is 10.6 Å². The highest BCUT2D eigenvalue weighted by Gasteiger charge is 2.15. The molecular formula is C25H23ClN2O3. The molecule has 0 fully saturated rings. The van der Waals surface area contributed by atoms with E-state index in [0.29, 0.717) is 39.4 Å². The number of rotatable bonds is 6. The number of benzene rings is 3. The Morgan fingerprint density at radius 1 is 1.13 bits per heavy atom. The number of hydrogen-bond acceptors (Lipinski definition) is 4. The third-order valence-corrected chi connectivity index (χ3v) is 5.34. The van der Waals surface area contributed by atoms with Crippen LogP contribution in [0.2, 0.25) is 5.02 Å². The Morgan fingerprint density at radius 3 is 2.71 bits per heavy atom. The highest BCUT2D eigenvalue weighted by Crippen LogP contribution is 2.33. The van der Waals surface area contributed by atoms with Crippen LogP contribution in [0.25, 0.3) is 22.6 Å². The summed E-state index contributed by atoms with van der Waals surface area (Å²) in [5.41, 5.74) is 4.83. The predicted octanol–water partition coefficient (Wildman–Crippen LogP) is 6.60. The number of nitrogens with zero attached hydrogens (tertiary/aromatic N) is 1. The summed E-state index contributed by atoms with van der Waals surface area (Å²) in [6, 6.07) is 18.7. The molecule has 1 heterocycles. The van der Waals surface area contributed by atoms with Crippen molar-refractivity contribution in [2.75, 3.05) is 11.9 Å². The van der Waals surface area contributed by atoms with E-state index in [0.717, 1.165) is 11.1 Å². The fourth-order valence-electron chi connectivity index (χ4n) is 3.24. The highest BCUT2D eigenvalue weighted by atomic mass is 35.5. The lowest BCUT2D eigenvalue weighted by Gasteiger charge is -2.10. The summed E-state index contributed by atoms with van der Waals surface area (Å²) in [6.07, 6.45) is 0. The van der Waals surface area contributed by atoms with Gasteiger partial charge in [0.25, 0.3) is 5.91 Å². The number of hydrogen-bond donors (Lipinski definition) is 1. The van der Waals surface area contributed by atoms with Gasteiger partial charge in [-0.15, -0.1) is 0 Å². The van der Waals surface area contributed by atoms with Crippen molar-refractivity contribution >= 4 is 34.3 Å². The van der Waals surface area contributed by atoms with Crippen LogP contribution >= 0.6 is 11.6 Å². The van der Waals surface area contributed by atoms with Gasteiger partial charge in [-0.25, -0.2) is 4.98 Å². The van der Waals surface area contributed by atoms with Crippen molar-refractivity contribution in [3.05, 3.63) is 76.8 Å². The quantitative estimate of drug-likeness (QED) is 0.371. The van der Waals surface area contributed by atoms with Crippen molar-refractivity contribution in [1.82, 2.24) is 4.98 Å². The Kier molecular flexibility index (Phi) is 5.96. The van der Waals surface area contributed by atoms with Gasteiger partial charge in [-0.1, -0.05) is 49.7 Å². The number of aromatic nitrogens is 1. The maximum absolute atomic E-state index is 12.4. The summed E-state index contributed by atoms with van der Waals surface area (Å²) < 4.78 is 11.5. The number of ether oxygens (including phenoxy) is 1. The largest absolute Gasteiger partial charge is 0.483 e. The van der Waals surface area contributed by atoms with Crippen molar-refractivity contribution in [3.8, 4) is 17.2 Å². The Bertz CT molecular complexity index is 1250. The molecule has 0 radical (unpaired) electrons. The van der Waals surface area contributed by atoms with Gasteiger partial charge in [0.2, 0.25) is 5.89 Å². The van der Waals surface area contributed by atoms with Crippen molar-refractivity contribution in [2.45, 2.75) is 26.7 Å². The summed E-state index contributed by atoms with van der Waals surface area (Å²) in [4.78, 5) is 17.0. The molecule has 1 amide bonds. The molecule has 0 saturated carbocycles. The molecule has 5 nitrogen and oxygen atoms in total. The summed E-state index contributed by atoms with van der Waals surface area (Å²) in [5.74, 6) is 1.22. The Morgan fingerprint density at radius 2 is 1.94 bits per heavy atom. The second-order valence-corrected chi connectivity index (χ2v) is 8.11. The number of amides is 1. The first-order valence-electron chi connectivity index (χ1n) is 10.1. The zero-order valence-corrected chi connectivity index (χ0v) is 18.4. The molecule has 4 aromatic rings. The number of carbonyl (C=O) groups is 1. The van der Waals surface area contributed by atoms with Crippen molar-refractivity contribution in [3.63, 3.8) is 0 Å². The van der Waals surface area contributed by atoms with Gasteiger partial charge in [-0.2, -0.15) is 0 Å². The van der Waals surface area contributed by atoms with E-state index in [-0.39, 0.29) is 12.5 Å². The van der Waals surface area contributed by atoms with Crippen LogP contribution in [0, 0.1) is 6.92 Å². The summed E-state index contributed by atoms with van der Waals surface area (Å²) in [5, 5.41) is 3.33. The Balaban J connectivity index is 1.52. The third-order valence-electron chi connectivity index (χ3n) is 5.01. The second kappa shape index (κ2) is 8.82. The standard InChI is InChI=1S/C25H23ClN2O3/c1-15(2)17-8-11-23-21(12-17)28-25(31-23)19-13-18(9-10-20(19)26)27-24(29)14-30-22-7-5-4-6-16(22)3/h4-13,15H,14H2,1-3H3,(H,27,29). The molecule has 158 valence electrons. The summed E-state index contributed by atoms with van der Waals surface area (Å²) in [6.45, 7) is 6.11. The molecular weight excluding hydrogens is 412 g/mol. The molecule has 31 heavy (non-hydrogen) atoms. The van der Waals surface area contributed by atoms with Gasteiger partial charge >= 0.3 is 0 Å². The lowest BCUT2D eigenvalue weighted by molar-refractivity contribution is -0.118. The fraction of sp³-hybridized carbons (Fsp3) is 0.200. The maximum atomic E-state index is 12.4. The molecule has 1 aromatic heterocycles. The van der Waals surface area contributed by atoms with Gasteiger partial charge < -0.3 is 14.5 Å². The van der Waals surface area contributed by atoms with Gasteiger partial charge in [0, 0.05) is 5.69 Å². The number of oxazole rings is 1. The zero-order valence-electron chi connectivity index (χ0n) is 17.6. The Hall–Kier alpha value is -3.31. The molecule has 0 aliphatic rings. The lowest BCUT2D eigenvalue weighted by atomic mass is 10.0. The molecule has 1 N–H and O–H groups in total. The summed E-state index contributed by atoms with van der Waals surface area (Å²) >= 11 is 6.40. The molecule has 0 aliphatic carbocycles. The zero-order chi connectivity index (χ0) is 22.0. The molecule has 0 bridgehead atoms. The van der Waals surface area contributed by atoms with Gasteiger partial charge in [0.1, 0.15) is 11.3 Å². The lowest BCUT2D eigenvalue weighted by Crippen LogP contribution is -2.20. The number of nitrogens with one attached hydrogen (secondary N) is 1. The topological polar surface area (TPSA) is 64.4 Å². The van der Waals surface area contributed by atoms with E-state index in [2.05, 4.69) is 24.1 Å². The average molecular weight is 435 g/mol. The number of fused-ring (bicyclic) bond motifs is 1. The minimum atomic E-state index is -0.268. The molecule has 0 aliphatic heterocycles. The van der Waals surface area contributed by atoms with E-state index in [4.69, 9.17) is 20.8 Å². The van der Waals surface area contributed by atoms with Crippen LogP contribution in [0.5, 0.6) is 5.75 Å². The monoisotopic (exact) mass is 434 g/mol. The van der Waals surface area contributed by atoms with E-state index in [1.807, 2.05) is 49.4 Å². The van der Waals surface area contributed by atoms with E-state index in [9.17, 15) is 4.79 Å². The number of carbonyl (C=O) groups excluding carboxylic acids is 1. The van der Waals surface area contributed by atoms with Crippen LogP contribution in [0.3, 0.4) is 0 Å². The molecule has 4 rings (SSSR count). The molecule has 0 saturated heterocycles.